The minimum Gasteiger partial charge on any atom is -0.348 e. The summed E-state index contributed by atoms with van der Waals surface area (Å²) >= 11 is 13.5. The Bertz CT molecular complexity index is 930. The maximum Gasteiger partial charge on any atom is 0.232 e. The van der Waals surface area contributed by atoms with Crippen molar-refractivity contribution < 1.29 is 4.79 Å². The third kappa shape index (κ3) is 4.00. The lowest BCUT2D eigenvalue weighted by Crippen LogP contribution is -2.23. The van der Waals surface area contributed by atoms with Crippen LogP contribution in [0.4, 0.5) is 0 Å². The van der Waals surface area contributed by atoms with Gasteiger partial charge in [-0.2, -0.15) is 0 Å². The van der Waals surface area contributed by atoms with E-state index >= 15 is 0 Å². The number of benzene rings is 1. The van der Waals surface area contributed by atoms with Gasteiger partial charge in [-0.15, -0.1) is 10.2 Å². The molecule has 0 aliphatic heterocycles. The van der Waals surface area contributed by atoms with Gasteiger partial charge in [-0.05, 0) is 30.3 Å². The zero-order valence-electron chi connectivity index (χ0n) is 14.1. The molecule has 0 saturated heterocycles. The number of carbonyl (C=O) groups is 1. The van der Waals surface area contributed by atoms with Crippen LogP contribution in [0.1, 0.15) is 0 Å². The first-order valence-electron chi connectivity index (χ1n) is 7.61. The maximum absolute atomic E-state index is 11.9. The number of nitrogens with zero attached hydrogens (tertiary/aromatic N) is 5. The van der Waals surface area contributed by atoms with Gasteiger partial charge in [0.1, 0.15) is 0 Å². The molecule has 134 valence electrons. The predicted molar refractivity (Wildman–Crippen MR) is 104 cm³/mol. The van der Waals surface area contributed by atoms with Gasteiger partial charge in [0.25, 0.3) is 0 Å². The molecule has 0 fully saturated rings. The van der Waals surface area contributed by atoms with E-state index in [1.54, 1.807) is 38.6 Å². The average Bonchev–Trinajstić information content (AvgIpc) is 3.06. The Morgan fingerprint density at radius 1 is 1.19 bits per heavy atom. The zero-order chi connectivity index (χ0) is 18.7. The highest BCUT2D eigenvalue weighted by atomic mass is 35.5. The molecule has 2 aromatic heterocycles. The van der Waals surface area contributed by atoms with Crippen molar-refractivity contribution in [1.29, 1.82) is 0 Å². The second kappa shape index (κ2) is 8.07. The van der Waals surface area contributed by atoms with E-state index in [0.29, 0.717) is 21.0 Å². The van der Waals surface area contributed by atoms with Crippen molar-refractivity contribution in [1.82, 2.24) is 24.6 Å². The maximum atomic E-state index is 11.9. The normalized spacial score (nSPS) is 10.8. The molecule has 0 N–H and O–H groups in total. The summed E-state index contributed by atoms with van der Waals surface area (Å²) in [5, 5.41) is 10.0. The highest BCUT2D eigenvalue weighted by Crippen LogP contribution is 2.31. The van der Waals surface area contributed by atoms with E-state index in [1.165, 1.54) is 16.7 Å². The fourth-order valence-electron chi connectivity index (χ4n) is 2.16. The van der Waals surface area contributed by atoms with Crippen molar-refractivity contribution in [3.63, 3.8) is 0 Å². The van der Waals surface area contributed by atoms with E-state index in [-0.39, 0.29) is 11.7 Å². The first-order valence-corrected chi connectivity index (χ1v) is 9.35. The van der Waals surface area contributed by atoms with E-state index in [4.69, 9.17) is 23.2 Å². The molecule has 0 atom stereocenters. The Morgan fingerprint density at radius 3 is 2.65 bits per heavy atom. The van der Waals surface area contributed by atoms with Gasteiger partial charge >= 0.3 is 0 Å². The van der Waals surface area contributed by atoms with Gasteiger partial charge < -0.3 is 4.90 Å². The molecular formula is C17H15Cl2N5OS. The first kappa shape index (κ1) is 18.7. The molecule has 0 radical (unpaired) electrons. The molecule has 0 aliphatic carbocycles. The minimum absolute atomic E-state index is 0.0124. The molecule has 3 aromatic rings. The number of hydrogen-bond donors (Lipinski definition) is 0. The molecule has 0 spiro atoms. The largest absolute Gasteiger partial charge is 0.348 e. The molecular weight excluding hydrogens is 393 g/mol. The minimum atomic E-state index is -0.0124. The Kier molecular flexibility index (Phi) is 5.80. The van der Waals surface area contributed by atoms with Crippen LogP contribution in [0.25, 0.3) is 17.1 Å². The van der Waals surface area contributed by atoms with Crippen molar-refractivity contribution >= 4 is 40.9 Å². The van der Waals surface area contributed by atoms with Crippen LogP contribution in [-0.4, -0.2) is 50.4 Å². The number of thioether (sulfide) groups is 1. The molecule has 0 bridgehead atoms. The molecule has 0 saturated carbocycles. The Hall–Kier alpha value is -2.09. The third-order valence-electron chi connectivity index (χ3n) is 3.54. The summed E-state index contributed by atoms with van der Waals surface area (Å²) in [5.74, 6) is 0.845. The molecule has 9 heteroatoms. The lowest BCUT2D eigenvalue weighted by molar-refractivity contribution is -0.125. The lowest BCUT2D eigenvalue weighted by Gasteiger charge is -2.12. The zero-order valence-corrected chi connectivity index (χ0v) is 16.4. The van der Waals surface area contributed by atoms with E-state index < -0.39 is 0 Å². The summed E-state index contributed by atoms with van der Waals surface area (Å²) in [5.41, 5.74) is 1.56. The van der Waals surface area contributed by atoms with E-state index in [0.717, 1.165) is 11.3 Å². The predicted octanol–water partition coefficient (Wildman–Crippen LogP) is 3.82. The highest BCUT2D eigenvalue weighted by Gasteiger charge is 2.18. The van der Waals surface area contributed by atoms with Crippen LogP contribution in [0.2, 0.25) is 10.0 Å². The van der Waals surface area contributed by atoms with Crippen LogP contribution in [-0.2, 0) is 4.79 Å². The summed E-state index contributed by atoms with van der Waals surface area (Å²) in [6.07, 6.45) is 3.40. The summed E-state index contributed by atoms with van der Waals surface area (Å²) in [6.45, 7) is 0. The second-order valence-electron chi connectivity index (χ2n) is 5.56. The number of amides is 1. The fraction of sp³-hybridized carbons (Fsp3) is 0.176. The summed E-state index contributed by atoms with van der Waals surface area (Å²) < 4.78 is 1.84. The van der Waals surface area contributed by atoms with Crippen molar-refractivity contribution in [3.05, 3.63) is 52.8 Å². The van der Waals surface area contributed by atoms with Crippen LogP contribution in [0, 0.1) is 0 Å². The van der Waals surface area contributed by atoms with Gasteiger partial charge in [-0.3, -0.25) is 14.3 Å². The molecule has 0 unspecified atom stereocenters. The van der Waals surface area contributed by atoms with Crippen LogP contribution in [0.15, 0.2) is 47.9 Å². The molecule has 6 nitrogen and oxygen atoms in total. The fourth-order valence-corrected chi connectivity index (χ4v) is 3.38. The molecule has 26 heavy (non-hydrogen) atoms. The Balaban J connectivity index is 2.06. The van der Waals surface area contributed by atoms with Crippen molar-refractivity contribution in [2.24, 2.45) is 0 Å². The van der Waals surface area contributed by atoms with Crippen LogP contribution in [0.5, 0.6) is 0 Å². The summed E-state index contributed by atoms with van der Waals surface area (Å²) in [6, 6.07) is 9.00. The van der Waals surface area contributed by atoms with Crippen molar-refractivity contribution in [2.75, 3.05) is 19.8 Å². The quantitative estimate of drug-likeness (QED) is 0.601. The topological polar surface area (TPSA) is 63.9 Å². The Labute approximate surface area is 165 Å². The van der Waals surface area contributed by atoms with Gasteiger partial charge in [0.2, 0.25) is 5.91 Å². The summed E-state index contributed by atoms with van der Waals surface area (Å²) in [4.78, 5) is 17.6. The number of hydrogen-bond acceptors (Lipinski definition) is 5. The van der Waals surface area contributed by atoms with Crippen molar-refractivity contribution in [2.45, 2.75) is 5.16 Å². The standard InChI is InChI=1S/C17H15Cl2N5OS/c1-23(2)15(25)10-26-17-22-21-16(11-4-3-7-20-9-11)24(17)12-5-6-13(18)14(19)8-12/h3-9H,10H2,1-2H3. The van der Waals surface area contributed by atoms with E-state index in [2.05, 4.69) is 15.2 Å². The Morgan fingerprint density at radius 2 is 2.00 bits per heavy atom. The number of carbonyl (C=O) groups excluding carboxylic acids is 1. The van der Waals surface area contributed by atoms with Gasteiger partial charge in [0, 0.05) is 32.1 Å². The van der Waals surface area contributed by atoms with Crippen LogP contribution in [0.3, 0.4) is 0 Å². The van der Waals surface area contributed by atoms with Crippen molar-refractivity contribution in [3.8, 4) is 17.1 Å². The molecule has 1 aromatic carbocycles. The number of rotatable bonds is 5. The first-order chi connectivity index (χ1) is 12.5. The number of halogens is 2. The SMILES string of the molecule is CN(C)C(=O)CSc1nnc(-c2cccnc2)n1-c1ccc(Cl)c(Cl)c1. The van der Waals surface area contributed by atoms with Gasteiger partial charge in [-0.1, -0.05) is 35.0 Å². The van der Waals surface area contributed by atoms with E-state index in [9.17, 15) is 4.79 Å². The molecule has 1 amide bonds. The average molecular weight is 408 g/mol. The third-order valence-corrected chi connectivity index (χ3v) is 5.19. The number of pyridine rings is 1. The molecule has 2 heterocycles. The van der Waals surface area contributed by atoms with Crippen LogP contribution < -0.4 is 0 Å². The van der Waals surface area contributed by atoms with Gasteiger partial charge in [0.15, 0.2) is 11.0 Å². The smallest absolute Gasteiger partial charge is 0.232 e. The summed E-state index contributed by atoms with van der Waals surface area (Å²) in [7, 11) is 3.43. The van der Waals surface area contributed by atoms with Gasteiger partial charge in [0.05, 0.1) is 21.5 Å². The monoisotopic (exact) mass is 407 g/mol. The highest BCUT2D eigenvalue weighted by molar-refractivity contribution is 7.99. The molecule has 3 rings (SSSR count). The second-order valence-corrected chi connectivity index (χ2v) is 7.32. The number of aromatic nitrogens is 4. The van der Waals surface area contributed by atoms with Gasteiger partial charge in [-0.25, -0.2) is 0 Å². The van der Waals surface area contributed by atoms with E-state index in [1.807, 2.05) is 22.8 Å². The molecule has 0 aliphatic rings. The lowest BCUT2D eigenvalue weighted by atomic mass is 10.2. The van der Waals surface area contributed by atoms with Crippen LogP contribution >= 0.6 is 35.0 Å².